The molecule has 2 rings (SSSR count). The number of hydrogen-bond donors (Lipinski definition) is 1. The SMILES string of the molecule is COc1ccccc1C(=O)Oc1ccc(C(=O)O)cc1. The van der Waals surface area contributed by atoms with Crippen molar-refractivity contribution in [2.24, 2.45) is 0 Å². The third-order valence-corrected chi connectivity index (χ3v) is 2.64. The van der Waals surface area contributed by atoms with Crippen molar-refractivity contribution in [3.8, 4) is 11.5 Å². The van der Waals surface area contributed by atoms with Crippen LogP contribution < -0.4 is 9.47 Å². The molecule has 1 N–H and O–H groups in total. The molecule has 20 heavy (non-hydrogen) atoms. The van der Waals surface area contributed by atoms with Crippen LogP contribution in [0, 0.1) is 0 Å². The van der Waals surface area contributed by atoms with Gasteiger partial charge in [-0.2, -0.15) is 0 Å². The molecule has 0 atom stereocenters. The number of para-hydroxylation sites is 1. The van der Waals surface area contributed by atoms with Crippen molar-refractivity contribution in [1.82, 2.24) is 0 Å². The van der Waals surface area contributed by atoms with Crippen molar-refractivity contribution < 1.29 is 24.2 Å². The van der Waals surface area contributed by atoms with Gasteiger partial charge < -0.3 is 14.6 Å². The van der Waals surface area contributed by atoms with Crippen LogP contribution in [0.15, 0.2) is 48.5 Å². The normalized spacial score (nSPS) is 9.85. The number of aromatic carboxylic acids is 1. The summed E-state index contributed by atoms with van der Waals surface area (Å²) in [5, 5.41) is 8.78. The lowest BCUT2D eigenvalue weighted by atomic mass is 10.2. The lowest BCUT2D eigenvalue weighted by Crippen LogP contribution is -2.10. The first-order valence-electron chi connectivity index (χ1n) is 5.80. The molecule has 0 bridgehead atoms. The Morgan fingerprint density at radius 2 is 1.65 bits per heavy atom. The van der Waals surface area contributed by atoms with Crippen molar-refractivity contribution in [2.45, 2.75) is 0 Å². The van der Waals surface area contributed by atoms with Gasteiger partial charge in [0.1, 0.15) is 17.1 Å². The van der Waals surface area contributed by atoms with Gasteiger partial charge in [-0.15, -0.1) is 0 Å². The fourth-order valence-corrected chi connectivity index (χ4v) is 1.64. The number of rotatable bonds is 4. The molecule has 5 heteroatoms. The highest BCUT2D eigenvalue weighted by molar-refractivity contribution is 5.94. The van der Waals surface area contributed by atoms with Crippen molar-refractivity contribution in [3.63, 3.8) is 0 Å². The van der Waals surface area contributed by atoms with Crippen LogP contribution in [0.5, 0.6) is 11.5 Å². The minimum Gasteiger partial charge on any atom is -0.496 e. The first-order valence-corrected chi connectivity index (χ1v) is 5.80. The quantitative estimate of drug-likeness (QED) is 0.684. The van der Waals surface area contributed by atoms with Gasteiger partial charge in [0.05, 0.1) is 12.7 Å². The molecule has 0 unspecified atom stereocenters. The molecule has 2 aromatic rings. The molecule has 0 saturated carbocycles. The first-order chi connectivity index (χ1) is 9.61. The van der Waals surface area contributed by atoms with Crippen molar-refractivity contribution in [2.75, 3.05) is 7.11 Å². The van der Waals surface area contributed by atoms with Crippen LogP contribution in [0.3, 0.4) is 0 Å². The van der Waals surface area contributed by atoms with Crippen LogP contribution >= 0.6 is 0 Å². The van der Waals surface area contributed by atoms with Crippen molar-refractivity contribution >= 4 is 11.9 Å². The number of carbonyl (C=O) groups is 2. The summed E-state index contributed by atoms with van der Waals surface area (Å²) in [6, 6.07) is 12.3. The Hall–Kier alpha value is -2.82. The smallest absolute Gasteiger partial charge is 0.347 e. The van der Waals surface area contributed by atoms with Gasteiger partial charge in [-0.25, -0.2) is 9.59 Å². The molecule has 0 fully saturated rings. The van der Waals surface area contributed by atoms with Crippen molar-refractivity contribution in [3.05, 3.63) is 59.7 Å². The van der Waals surface area contributed by atoms with E-state index in [-0.39, 0.29) is 11.3 Å². The second kappa shape index (κ2) is 5.88. The zero-order chi connectivity index (χ0) is 14.5. The number of carboxylic acids is 1. The van der Waals surface area contributed by atoms with Crippen LogP contribution in [0.2, 0.25) is 0 Å². The summed E-state index contributed by atoms with van der Waals surface area (Å²) in [6.07, 6.45) is 0. The molecular formula is C15H12O5. The largest absolute Gasteiger partial charge is 0.496 e. The van der Waals surface area contributed by atoms with Gasteiger partial charge in [-0.3, -0.25) is 0 Å². The maximum Gasteiger partial charge on any atom is 0.347 e. The number of benzene rings is 2. The molecule has 2 aromatic carbocycles. The number of ether oxygens (including phenoxy) is 2. The highest BCUT2D eigenvalue weighted by Crippen LogP contribution is 2.20. The Morgan fingerprint density at radius 3 is 2.25 bits per heavy atom. The molecule has 0 aliphatic rings. The van der Waals surface area contributed by atoms with Crippen LogP contribution in [0.1, 0.15) is 20.7 Å². The molecule has 102 valence electrons. The van der Waals surface area contributed by atoms with Crippen LogP contribution in [-0.4, -0.2) is 24.2 Å². The third-order valence-electron chi connectivity index (χ3n) is 2.64. The van der Waals surface area contributed by atoms with E-state index >= 15 is 0 Å². The monoisotopic (exact) mass is 272 g/mol. The summed E-state index contributed by atoms with van der Waals surface area (Å²) >= 11 is 0. The molecule has 0 saturated heterocycles. The molecule has 5 nitrogen and oxygen atoms in total. The predicted octanol–water partition coefficient (Wildman–Crippen LogP) is 2.61. The summed E-state index contributed by atoms with van der Waals surface area (Å²) in [7, 11) is 1.47. The van der Waals surface area contributed by atoms with Gasteiger partial charge in [0, 0.05) is 0 Å². The van der Waals surface area contributed by atoms with Gasteiger partial charge in [0.25, 0.3) is 0 Å². The fourth-order valence-electron chi connectivity index (χ4n) is 1.64. The Kier molecular flexibility index (Phi) is 4.00. The Morgan fingerprint density at radius 1 is 1.00 bits per heavy atom. The molecule has 0 heterocycles. The van der Waals surface area contributed by atoms with Gasteiger partial charge in [-0.05, 0) is 36.4 Å². The lowest BCUT2D eigenvalue weighted by Gasteiger charge is -2.08. The van der Waals surface area contributed by atoms with Crippen LogP contribution in [-0.2, 0) is 0 Å². The van der Waals surface area contributed by atoms with Gasteiger partial charge in [0.2, 0.25) is 0 Å². The van der Waals surface area contributed by atoms with Gasteiger partial charge in [-0.1, -0.05) is 12.1 Å². The van der Waals surface area contributed by atoms with Crippen LogP contribution in [0.25, 0.3) is 0 Å². The zero-order valence-corrected chi connectivity index (χ0v) is 10.7. The highest BCUT2D eigenvalue weighted by Gasteiger charge is 2.14. The lowest BCUT2D eigenvalue weighted by molar-refractivity contribution is 0.0696. The zero-order valence-electron chi connectivity index (χ0n) is 10.7. The molecule has 0 spiro atoms. The van der Waals surface area contributed by atoms with E-state index in [9.17, 15) is 9.59 Å². The van der Waals surface area contributed by atoms with Crippen molar-refractivity contribution in [1.29, 1.82) is 0 Å². The van der Waals surface area contributed by atoms with E-state index in [4.69, 9.17) is 14.6 Å². The van der Waals surface area contributed by atoms with Gasteiger partial charge in [0.15, 0.2) is 0 Å². The molecule has 0 aromatic heterocycles. The number of esters is 1. The summed E-state index contributed by atoms with van der Waals surface area (Å²) in [5.41, 5.74) is 0.430. The summed E-state index contributed by atoms with van der Waals surface area (Å²) < 4.78 is 10.2. The average Bonchev–Trinajstić information content (AvgIpc) is 2.47. The molecule has 0 aliphatic heterocycles. The van der Waals surface area contributed by atoms with E-state index in [1.165, 1.54) is 31.4 Å². The molecule has 0 aliphatic carbocycles. The molecular weight excluding hydrogens is 260 g/mol. The van der Waals surface area contributed by atoms with E-state index in [0.717, 1.165) is 0 Å². The fraction of sp³-hybridized carbons (Fsp3) is 0.0667. The van der Waals surface area contributed by atoms with Gasteiger partial charge >= 0.3 is 11.9 Å². The highest BCUT2D eigenvalue weighted by atomic mass is 16.5. The molecule has 0 radical (unpaired) electrons. The van der Waals surface area contributed by atoms with E-state index in [0.29, 0.717) is 11.3 Å². The molecule has 0 amide bonds. The number of carbonyl (C=O) groups excluding carboxylic acids is 1. The number of hydrogen-bond acceptors (Lipinski definition) is 4. The summed E-state index contributed by atoms with van der Waals surface area (Å²) in [5.74, 6) is -0.913. The van der Waals surface area contributed by atoms with E-state index < -0.39 is 11.9 Å². The predicted molar refractivity (Wildman–Crippen MR) is 71.4 cm³/mol. The van der Waals surface area contributed by atoms with E-state index in [1.54, 1.807) is 24.3 Å². The Bertz CT molecular complexity index is 631. The first kappa shape index (κ1) is 13.6. The minimum absolute atomic E-state index is 0.127. The number of methoxy groups -OCH3 is 1. The Balaban J connectivity index is 2.17. The third kappa shape index (κ3) is 2.95. The Labute approximate surface area is 115 Å². The minimum atomic E-state index is -1.03. The standard InChI is InChI=1S/C15H12O5/c1-19-13-5-3-2-4-12(13)15(18)20-11-8-6-10(7-9-11)14(16)17/h2-9H,1H3,(H,16,17). The maximum atomic E-state index is 12.0. The second-order valence-corrected chi connectivity index (χ2v) is 3.92. The maximum absolute atomic E-state index is 12.0. The topological polar surface area (TPSA) is 72.8 Å². The van der Waals surface area contributed by atoms with Crippen LogP contribution in [0.4, 0.5) is 0 Å². The second-order valence-electron chi connectivity index (χ2n) is 3.92. The number of carboxylic acid groups (broad SMARTS) is 1. The summed E-state index contributed by atoms with van der Waals surface area (Å²) in [6.45, 7) is 0. The van der Waals surface area contributed by atoms with E-state index in [2.05, 4.69) is 0 Å². The average molecular weight is 272 g/mol. The summed E-state index contributed by atoms with van der Waals surface area (Å²) in [4.78, 5) is 22.7. The van der Waals surface area contributed by atoms with E-state index in [1.807, 2.05) is 0 Å².